The second kappa shape index (κ2) is 5.60. The molecule has 1 rings (SSSR count). The second-order valence-corrected chi connectivity index (χ2v) is 3.54. The fourth-order valence-corrected chi connectivity index (χ4v) is 1.22. The number of hydrogen-bond acceptors (Lipinski definition) is 3. The Kier molecular flexibility index (Phi) is 4.40. The Morgan fingerprint density at radius 2 is 2.29 bits per heavy atom. The summed E-state index contributed by atoms with van der Waals surface area (Å²) in [5.41, 5.74) is 6.49. The Morgan fingerprint density at radius 3 is 2.93 bits per heavy atom. The first kappa shape index (κ1) is 11.0. The second-order valence-electron chi connectivity index (χ2n) is 3.54. The van der Waals surface area contributed by atoms with Gasteiger partial charge in [0.05, 0.1) is 6.10 Å². The smallest absolute Gasteiger partial charge is 0.123 e. The van der Waals surface area contributed by atoms with Crippen LogP contribution in [0.2, 0.25) is 0 Å². The van der Waals surface area contributed by atoms with Gasteiger partial charge in [-0.1, -0.05) is 0 Å². The summed E-state index contributed by atoms with van der Waals surface area (Å²) in [5, 5.41) is 0. The van der Waals surface area contributed by atoms with Crippen molar-refractivity contribution in [1.82, 2.24) is 4.98 Å². The van der Waals surface area contributed by atoms with Crippen molar-refractivity contribution < 1.29 is 4.74 Å². The first-order chi connectivity index (χ1) is 6.72. The van der Waals surface area contributed by atoms with Crippen LogP contribution < -0.4 is 10.5 Å². The maximum Gasteiger partial charge on any atom is 0.123 e. The Balaban J connectivity index is 2.59. The van der Waals surface area contributed by atoms with Crippen molar-refractivity contribution in [3.8, 4) is 5.75 Å². The van der Waals surface area contributed by atoms with Crippen LogP contribution in [0.1, 0.15) is 26.0 Å². The fourth-order valence-electron chi connectivity index (χ4n) is 1.22. The van der Waals surface area contributed by atoms with Crippen molar-refractivity contribution in [2.75, 3.05) is 6.54 Å². The van der Waals surface area contributed by atoms with Gasteiger partial charge in [-0.15, -0.1) is 0 Å². The lowest BCUT2D eigenvalue weighted by molar-refractivity contribution is 0.242. The van der Waals surface area contributed by atoms with Crippen molar-refractivity contribution in [3.63, 3.8) is 0 Å². The molecular formula is C11H18N2O. The number of aromatic nitrogens is 1. The van der Waals surface area contributed by atoms with Gasteiger partial charge in [-0.3, -0.25) is 4.98 Å². The Hall–Kier alpha value is -1.09. The molecule has 0 aromatic carbocycles. The van der Waals surface area contributed by atoms with Gasteiger partial charge in [0.25, 0.3) is 0 Å². The number of nitrogens with zero attached hydrogens (tertiary/aromatic N) is 1. The zero-order valence-corrected chi connectivity index (χ0v) is 8.86. The molecule has 3 heteroatoms. The van der Waals surface area contributed by atoms with E-state index in [1.54, 1.807) is 6.20 Å². The minimum atomic E-state index is 0.208. The van der Waals surface area contributed by atoms with Crippen molar-refractivity contribution in [1.29, 1.82) is 0 Å². The van der Waals surface area contributed by atoms with E-state index in [0.717, 1.165) is 24.3 Å². The molecule has 0 aliphatic rings. The van der Waals surface area contributed by atoms with E-state index in [1.165, 1.54) is 0 Å². The average Bonchev–Trinajstić information content (AvgIpc) is 2.14. The summed E-state index contributed by atoms with van der Waals surface area (Å²) >= 11 is 0. The van der Waals surface area contributed by atoms with E-state index in [-0.39, 0.29) is 6.10 Å². The third-order valence-corrected chi connectivity index (χ3v) is 1.80. The molecule has 0 aliphatic carbocycles. The molecule has 0 spiro atoms. The normalized spacial score (nSPS) is 10.6. The number of rotatable bonds is 5. The summed E-state index contributed by atoms with van der Waals surface area (Å²) in [6, 6.07) is 3.86. The number of pyridine rings is 1. The van der Waals surface area contributed by atoms with Crippen LogP contribution in [0.25, 0.3) is 0 Å². The highest BCUT2D eigenvalue weighted by Crippen LogP contribution is 2.13. The molecule has 0 bridgehead atoms. The zero-order chi connectivity index (χ0) is 10.4. The molecule has 78 valence electrons. The minimum Gasteiger partial charge on any atom is -0.491 e. The van der Waals surface area contributed by atoms with E-state index < -0.39 is 0 Å². The minimum absolute atomic E-state index is 0.208. The van der Waals surface area contributed by atoms with Gasteiger partial charge in [0.1, 0.15) is 5.75 Å². The third-order valence-electron chi connectivity index (χ3n) is 1.80. The summed E-state index contributed by atoms with van der Waals surface area (Å²) in [6.45, 7) is 4.73. The Bertz CT molecular complexity index is 274. The molecule has 1 heterocycles. The molecule has 3 nitrogen and oxygen atoms in total. The molecule has 0 unspecified atom stereocenters. The number of ether oxygens (including phenoxy) is 1. The van der Waals surface area contributed by atoms with E-state index in [0.29, 0.717) is 6.54 Å². The van der Waals surface area contributed by atoms with E-state index in [1.807, 2.05) is 26.0 Å². The van der Waals surface area contributed by atoms with Gasteiger partial charge >= 0.3 is 0 Å². The van der Waals surface area contributed by atoms with Crippen LogP contribution in [0.5, 0.6) is 5.75 Å². The highest BCUT2D eigenvalue weighted by atomic mass is 16.5. The van der Waals surface area contributed by atoms with E-state index in [9.17, 15) is 0 Å². The van der Waals surface area contributed by atoms with Crippen molar-refractivity contribution in [2.24, 2.45) is 5.73 Å². The summed E-state index contributed by atoms with van der Waals surface area (Å²) in [6.07, 6.45) is 3.88. The third kappa shape index (κ3) is 3.75. The van der Waals surface area contributed by atoms with Crippen LogP contribution >= 0.6 is 0 Å². The van der Waals surface area contributed by atoms with Gasteiger partial charge < -0.3 is 10.5 Å². The van der Waals surface area contributed by atoms with Crippen molar-refractivity contribution >= 4 is 0 Å². The lowest BCUT2D eigenvalue weighted by atomic mass is 10.2. The maximum absolute atomic E-state index is 5.56. The predicted molar refractivity (Wildman–Crippen MR) is 57.4 cm³/mol. The molecule has 0 atom stereocenters. The van der Waals surface area contributed by atoms with Gasteiger partial charge in [-0.05, 0) is 39.3 Å². The van der Waals surface area contributed by atoms with Crippen LogP contribution in [-0.2, 0) is 6.42 Å². The Morgan fingerprint density at radius 1 is 1.50 bits per heavy atom. The zero-order valence-electron chi connectivity index (χ0n) is 8.86. The molecule has 1 aromatic rings. The van der Waals surface area contributed by atoms with Gasteiger partial charge in [-0.2, -0.15) is 0 Å². The summed E-state index contributed by atoms with van der Waals surface area (Å²) < 4.78 is 5.56. The van der Waals surface area contributed by atoms with Gasteiger partial charge in [0.15, 0.2) is 0 Å². The monoisotopic (exact) mass is 194 g/mol. The summed E-state index contributed by atoms with van der Waals surface area (Å²) in [5.74, 6) is 0.891. The highest BCUT2D eigenvalue weighted by molar-refractivity contribution is 5.22. The molecule has 2 N–H and O–H groups in total. The molecule has 0 saturated heterocycles. The van der Waals surface area contributed by atoms with E-state index >= 15 is 0 Å². The molecule has 0 amide bonds. The largest absolute Gasteiger partial charge is 0.491 e. The maximum atomic E-state index is 5.56. The van der Waals surface area contributed by atoms with Crippen LogP contribution in [0.15, 0.2) is 18.3 Å². The predicted octanol–water partition coefficient (Wildman–Crippen LogP) is 1.76. The van der Waals surface area contributed by atoms with Gasteiger partial charge in [0, 0.05) is 18.0 Å². The first-order valence-electron chi connectivity index (χ1n) is 5.04. The fraction of sp³-hybridized carbons (Fsp3) is 0.545. The molecule has 0 saturated carbocycles. The van der Waals surface area contributed by atoms with Crippen LogP contribution in [0.3, 0.4) is 0 Å². The number of nitrogens with two attached hydrogens (primary N) is 1. The number of aryl methyl sites for hydroxylation is 1. The highest BCUT2D eigenvalue weighted by Gasteiger charge is 1.99. The van der Waals surface area contributed by atoms with Crippen molar-refractivity contribution in [2.45, 2.75) is 32.8 Å². The number of hydrogen-bond donors (Lipinski definition) is 1. The van der Waals surface area contributed by atoms with E-state index in [4.69, 9.17) is 10.5 Å². The van der Waals surface area contributed by atoms with Gasteiger partial charge in [-0.25, -0.2) is 0 Å². The van der Waals surface area contributed by atoms with E-state index in [2.05, 4.69) is 4.98 Å². The molecular weight excluding hydrogens is 176 g/mol. The lowest BCUT2D eigenvalue weighted by Gasteiger charge is -2.10. The Labute approximate surface area is 85.3 Å². The molecule has 0 aliphatic heterocycles. The molecule has 0 fully saturated rings. The van der Waals surface area contributed by atoms with Crippen LogP contribution in [0.4, 0.5) is 0 Å². The quantitative estimate of drug-likeness (QED) is 0.777. The first-order valence-corrected chi connectivity index (χ1v) is 5.04. The topological polar surface area (TPSA) is 48.1 Å². The summed E-state index contributed by atoms with van der Waals surface area (Å²) in [4.78, 5) is 4.25. The molecule has 1 aromatic heterocycles. The molecule has 14 heavy (non-hydrogen) atoms. The van der Waals surface area contributed by atoms with Gasteiger partial charge in [0.2, 0.25) is 0 Å². The SMILES string of the molecule is CC(C)Oc1ccnc(CCCN)c1. The van der Waals surface area contributed by atoms with Crippen LogP contribution in [-0.4, -0.2) is 17.6 Å². The average molecular weight is 194 g/mol. The summed E-state index contributed by atoms with van der Waals surface area (Å²) in [7, 11) is 0. The molecule has 0 radical (unpaired) electrons. The van der Waals surface area contributed by atoms with Crippen LogP contribution in [0, 0.1) is 0 Å². The standard InChI is InChI=1S/C11H18N2O/c1-9(2)14-11-5-7-13-10(8-11)4-3-6-12/h5,7-9H,3-4,6,12H2,1-2H3. The lowest BCUT2D eigenvalue weighted by Crippen LogP contribution is -2.06. The van der Waals surface area contributed by atoms with Crippen molar-refractivity contribution in [3.05, 3.63) is 24.0 Å².